The van der Waals surface area contributed by atoms with E-state index in [9.17, 15) is 18.3 Å². The van der Waals surface area contributed by atoms with Crippen LogP contribution >= 0.6 is 24.0 Å². The van der Waals surface area contributed by atoms with Crippen molar-refractivity contribution in [3.05, 3.63) is 54.1 Å². The Morgan fingerprint density at radius 3 is 2.52 bits per heavy atom. The summed E-state index contributed by atoms with van der Waals surface area (Å²) < 4.78 is 41.2. The summed E-state index contributed by atoms with van der Waals surface area (Å²) in [4.78, 5) is 7.51. The molecular weight excluding hydrogens is 474 g/mol. The van der Waals surface area contributed by atoms with E-state index in [0.29, 0.717) is 13.0 Å². The lowest BCUT2D eigenvalue weighted by molar-refractivity contribution is -0.272. The first-order chi connectivity index (χ1) is 12.2. The van der Waals surface area contributed by atoms with E-state index in [1.54, 1.807) is 0 Å². The first-order valence-corrected chi connectivity index (χ1v) is 8.08. The minimum atomic E-state index is -4.88. The number of aliphatic imine (C=N–C) groups is 1. The Morgan fingerprint density at radius 1 is 1.30 bits per heavy atom. The van der Waals surface area contributed by atoms with Gasteiger partial charge in [0.25, 0.3) is 0 Å². The summed E-state index contributed by atoms with van der Waals surface area (Å²) in [5.74, 6) is -0.443. The molecule has 0 saturated heterocycles. The van der Waals surface area contributed by atoms with Crippen molar-refractivity contribution >= 4 is 29.9 Å². The van der Waals surface area contributed by atoms with Crippen molar-refractivity contribution in [2.45, 2.75) is 24.6 Å². The summed E-state index contributed by atoms with van der Waals surface area (Å²) in [6.45, 7) is 0.204. The molecule has 0 radical (unpaired) electrons. The summed E-state index contributed by atoms with van der Waals surface area (Å²) in [5.41, 5.74) is 3.70. The Balaban J connectivity index is 0.00000364. The number of nitrogens with two attached hydrogens (primary N) is 1. The first-order valence-electron chi connectivity index (χ1n) is 8.08. The van der Waals surface area contributed by atoms with Gasteiger partial charge in [-0.1, -0.05) is 30.3 Å². The number of imidazole rings is 1. The molecule has 0 fully saturated rings. The van der Waals surface area contributed by atoms with Crippen LogP contribution in [0.15, 0.2) is 47.7 Å². The Morgan fingerprint density at radius 2 is 1.96 bits per heavy atom. The van der Waals surface area contributed by atoms with Gasteiger partial charge in [-0.2, -0.15) is 13.2 Å². The van der Waals surface area contributed by atoms with Gasteiger partial charge < -0.3 is 20.7 Å². The zero-order valence-corrected chi connectivity index (χ0v) is 17.1. The summed E-state index contributed by atoms with van der Waals surface area (Å²) >= 11 is 0. The van der Waals surface area contributed by atoms with Gasteiger partial charge in [-0.3, -0.25) is 4.99 Å². The van der Waals surface area contributed by atoms with Crippen molar-refractivity contribution in [3.63, 3.8) is 0 Å². The fourth-order valence-corrected chi connectivity index (χ4v) is 2.52. The van der Waals surface area contributed by atoms with Gasteiger partial charge in [0.2, 0.25) is 5.60 Å². The molecule has 150 valence electrons. The molecule has 0 aliphatic rings. The Kier molecular flexibility index (Phi) is 8.54. The van der Waals surface area contributed by atoms with Crippen molar-refractivity contribution in [3.8, 4) is 0 Å². The van der Waals surface area contributed by atoms with Crippen LogP contribution < -0.4 is 11.1 Å². The molecule has 10 heteroatoms. The molecule has 0 amide bonds. The van der Waals surface area contributed by atoms with E-state index >= 15 is 0 Å². The van der Waals surface area contributed by atoms with E-state index in [0.717, 1.165) is 10.1 Å². The monoisotopic (exact) mass is 497 g/mol. The molecule has 27 heavy (non-hydrogen) atoms. The molecule has 1 heterocycles. The largest absolute Gasteiger partial charge is 0.424 e. The van der Waals surface area contributed by atoms with Crippen LogP contribution in [0.25, 0.3) is 0 Å². The van der Waals surface area contributed by atoms with Crippen molar-refractivity contribution in [1.29, 1.82) is 0 Å². The van der Waals surface area contributed by atoms with Crippen molar-refractivity contribution in [1.82, 2.24) is 14.9 Å². The van der Waals surface area contributed by atoms with Gasteiger partial charge in [0.1, 0.15) is 5.82 Å². The quantitative estimate of drug-likeness (QED) is 0.312. The first kappa shape index (κ1) is 23.2. The number of aromatic nitrogens is 2. The maximum Gasteiger partial charge on any atom is 0.424 e. The molecule has 2 rings (SSSR count). The number of halogens is 4. The van der Waals surface area contributed by atoms with Gasteiger partial charge in [-0.25, -0.2) is 4.98 Å². The number of alkyl halides is 3. The Labute approximate surface area is 172 Å². The molecule has 2 aromatic rings. The molecule has 0 spiro atoms. The summed E-state index contributed by atoms with van der Waals surface area (Å²) in [5, 5.41) is 13.0. The predicted molar refractivity (Wildman–Crippen MR) is 108 cm³/mol. The zero-order chi connectivity index (χ0) is 19.2. The fraction of sp³-hybridized carbons (Fsp3) is 0.412. The number of nitrogens with zero attached hydrogens (tertiary/aromatic N) is 3. The molecule has 0 saturated carbocycles. The number of aryl methyl sites for hydroxylation is 1. The van der Waals surface area contributed by atoms with E-state index in [-0.39, 0.29) is 36.5 Å². The Bertz CT molecular complexity index is 736. The summed E-state index contributed by atoms with van der Waals surface area (Å²) in [6, 6.07) is 9.68. The third-order valence-corrected chi connectivity index (χ3v) is 3.98. The van der Waals surface area contributed by atoms with Crippen LogP contribution in [0.3, 0.4) is 0 Å². The second kappa shape index (κ2) is 9.93. The van der Waals surface area contributed by atoms with E-state index in [1.165, 1.54) is 19.4 Å². The highest BCUT2D eigenvalue weighted by Crippen LogP contribution is 2.40. The molecule has 1 atom stereocenters. The van der Waals surface area contributed by atoms with Crippen LogP contribution in [0.2, 0.25) is 0 Å². The topological polar surface area (TPSA) is 88.5 Å². The third-order valence-electron chi connectivity index (χ3n) is 3.98. The van der Waals surface area contributed by atoms with Gasteiger partial charge in [-0.15, -0.1) is 24.0 Å². The number of benzene rings is 1. The number of aliphatic hydroxyl groups is 1. The summed E-state index contributed by atoms with van der Waals surface area (Å²) in [7, 11) is 1.39. The lowest BCUT2D eigenvalue weighted by Crippen LogP contribution is -2.45. The maximum atomic E-state index is 13.4. The van der Waals surface area contributed by atoms with Crippen LogP contribution in [-0.2, 0) is 19.1 Å². The molecule has 0 bridgehead atoms. The molecular formula is C17H23F3IN5O. The molecule has 0 aliphatic carbocycles. The highest BCUT2D eigenvalue weighted by Gasteiger charge is 2.57. The SMILES string of the molecule is Cn1ccnc1C(O)(CCN=C(N)NCCc1ccccc1)C(F)(F)F.I. The minimum absolute atomic E-state index is 0. The Hall–Kier alpha value is -1.82. The molecule has 6 nitrogen and oxygen atoms in total. The van der Waals surface area contributed by atoms with Gasteiger partial charge in [0.15, 0.2) is 5.96 Å². The number of guanidine groups is 1. The number of nitrogens with one attached hydrogen (secondary N) is 1. The minimum Gasteiger partial charge on any atom is -0.374 e. The smallest absolute Gasteiger partial charge is 0.374 e. The van der Waals surface area contributed by atoms with Crippen LogP contribution in [0, 0.1) is 0 Å². The molecule has 1 aromatic heterocycles. The van der Waals surface area contributed by atoms with Gasteiger partial charge in [0, 0.05) is 39.0 Å². The van der Waals surface area contributed by atoms with Crippen LogP contribution in [0.5, 0.6) is 0 Å². The second-order valence-electron chi connectivity index (χ2n) is 5.90. The predicted octanol–water partition coefficient (Wildman–Crippen LogP) is 2.33. The fourth-order valence-electron chi connectivity index (χ4n) is 2.52. The number of rotatable bonds is 7. The van der Waals surface area contributed by atoms with Crippen LogP contribution in [-0.4, -0.2) is 39.9 Å². The third kappa shape index (κ3) is 6.09. The lowest BCUT2D eigenvalue weighted by atomic mass is 9.98. The molecule has 4 N–H and O–H groups in total. The van der Waals surface area contributed by atoms with Crippen molar-refractivity contribution in [2.75, 3.05) is 13.1 Å². The number of hydrogen-bond donors (Lipinski definition) is 3. The standard InChI is InChI=1S/C17H22F3N5O.HI/c1-25-12-11-22-14(25)16(26,17(18,19)20)8-10-24-15(21)23-9-7-13-5-3-2-4-6-13;/h2-6,11-12,26H,7-10H2,1H3,(H3,21,23,24);1H. The van der Waals surface area contributed by atoms with Crippen LogP contribution in [0.4, 0.5) is 13.2 Å². The average molecular weight is 497 g/mol. The number of hydrogen-bond acceptors (Lipinski definition) is 3. The molecule has 0 aliphatic heterocycles. The zero-order valence-electron chi connectivity index (χ0n) is 14.8. The van der Waals surface area contributed by atoms with Gasteiger partial charge in [0.05, 0.1) is 0 Å². The van der Waals surface area contributed by atoms with Gasteiger partial charge in [-0.05, 0) is 12.0 Å². The van der Waals surface area contributed by atoms with E-state index in [4.69, 9.17) is 5.73 Å². The second-order valence-corrected chi connectivity index (χ2v) is 5.90. The average Bonchev–Trinajstić information content (AvgIpc) is 3.01. The van der Waals surface area contributed by atoms with E-state index in [2.05, 4.69) is 15.3 Å². The highest BCUT2D eigenvalue weighted by molar-refractivity contribution is 14.0. The van der Waals surface area contributed by atoms with Crippen LogP contribution in [0.1, 0.15) is 17.8 Å². The highest BCUT2D eigenvalue weighted by atomic mass is 127. The molecule has 1 aromatic carbocycles. The van der Waals surface area contributed by atoms with E-state index in [1.807, 2.05) is 30.3 Å². The van der Waals surface area contributed by atoms with Crippen molar-refractivity contribution in [2.24, 2.45) is 17.8 Å². The normalized spacial score (nSPS) is 14.3. The van der Waals surface area contributed by atoms with Gasteiger partial charge >= 0.3 is 6.18 Å². The van der Waals surface area contributed by atoms with E-state index < -0.39 is 24.0 Å². The maximum absolute atomic E-state index is 13.4. The lowest BCUT2D eigenvalue weighted by Gasteiger charge is -2.29. The van der Waals surface area contributed by atoms with Crippen molar-refractivity contribution < 1.29 is 18.3 Å². The molecule has 1 unspecified atom stereocenters. The summed E-state index contributed by atoms with van der Waals surface area (Å²) in [6.07, 6.45) is -2.31.